The second kappa shape index (κ2) is 8.18. The lowest BCUT2D eigenvalue weighted by Crippen LogP contribution is -2.12. The summed E-state index contributed by atoms with van der Waals surface area (Å²) in [6, 6.07) is 14.9. The Labute approximate surface area is 154 Å². The second-order valence-electron chi connectivity index (χ2n) is 5.40. The van der Waals surface area contributed by atoms with Gasteiger partial charge in [-0.1, -0.05) is 35.5 Å². The van der Waals surface area contributed by atoms with Crippen molar-refractivity contribution in [3.05, 3.63) is 59.1 Å². The van der Waals surface area contributed by atoms with Crippen LogP contribution in [0.1, 0.15) is 12.0 Å². The zero-order valence-corrected chi connectivity index (χ0v) is 15.1. The minimum Gasteiger partial charge on any atom is -0.411 e. The number of rotatable bonds is 6. The number of thioether (sulfide) groups is 1. The van der Waals surface area contributed by atoms with Crippen molar-refractivity contribution in [3.63, 3.8) is 0 Å². The fourth-order valence-electron chi connectivity index (χ4n) is 2.15. The van der Waals surface area contributed by atoms with E-state index in [4.69, 9.17) is 16.0 Å². The predicted molar refractivity (Wildman–Crippen MR) is 99.9 cm³/mol. The SMILES string of the molecule is Cc1cccc(NC(=O)CCSc2nnc(-c3ccc(Cl)cc3)o2)c1. The quantitative estimate of drug-likeness (QED) is 0.627. The summed E-state index contributed by atoms with van der Waals surface area (Å²) in [5.41, 5.74) is 2.71. The van der Waals surface area contributed by atoms with E-state index in [2.05, 4.69) is 15.5 Å². The molecule has 1 amide bonds. The Balaban J connectivity index is 1.49. The minimum absolute atomic E-state index is 0.0458. The Morgan fingerprint density at radius 1 is 1.20 bits per heavy atom. The number of benzene rings is 2. The normalized spacial score (nSPS) is 10.6. The molecular weight excluding hydrogens is 358 g/mol. The van der Waals surface area contributed by atoms with Gasteiger partial charge in [0.25, 0.3) is 5.22 Å². The first-order valence-corrected chi connectivity index (χ1v) is 9.05. The molecule has 5 nitrogen and oxygen atoms in total. The van der Waals surface area contributed by atoms with E-state index in [-0.39, 0.29) is 5.91 Å². The van der Waals surface area contributed by atoms with Gasteiger partial charge in [0.2, 0.25) is 11.8 Å². The molecule has 0 aliphatic heterocycles. The molecule has 0 bridgehead atoms. The molecule has 2 aromatic carbocycles. The Morgan fingerprint density at radius 2 is 2.00 bits per heavy atom. The van der Waals surface area contributed by atoms with Crippen LogP contribution in [0.3, 0.4) is 0 Å². The highest BCUT2D eigenvalue weighted by atomic mass is 35.5. The summed E-state index contributed by atoms with van der Waals surface area (Å²) >= 11 is 7.21. The van der Waals surface area contributed by atoms with Crippen LogP contribution in [0, 0.1) is 6.92 Å². The Kier molecular flexibility index (Phi) is 5.73. The first kappa shape index (κ1) is 17.5. The Hall–Kier alpha value is -2.31. The number of halogens is 1. The van der Waals surface area contributed by atoms with Gasteiger partial charge in [-0.05, 0) is 48.9 Å². The van der Waals surface area contributed by atoms with E-state index in [1.165, 1.54) is 11.8 Å². The van der Waals surface area contributed by atoms with Gasteiger partial charge >= 0.3 is 0 Å². The molecule has 128 valence electrons. The van der Waals surface area contributed by atoms with Crippen molar-refractivity contribution in [1.82, 2.24) is 10.2 Å². The maximum absolute atomic E-state index is 12.0. The molecule has 0 saturated carbocycles. The number of aromatic nitrogens is 2. The number of amides is 1. The van der Waals surface area contributed by atoms with Crippen LogP contribution in [-0.2, 0) is 4.79 Å². The highest BCUT2D eigenvalue weighted by Gasteiger charge is 2.10. The predicted octanol–water partition coefficient (Wildman–Crippen LogP) is 4.82. The summed E-state index contributed by atoms with van der Waals surface area (Å²) < 4.78 is 5.59. The van der Waals surface area contributed by atoms with Crippen LogP contribution in [0.5, 0.6) is 0 Å². The molecule has 1 aromatic heterocycles. The third-order valence-electron chi connectivity index (χ3n) is 3.35. The summed E-state index contributed by atoms with van der Waals surface area (Å²) in [5, 5.41) is 12.0. The van der Waals surface area contributed by atoms with E-state index in [9.17, 15) is 4.79 Å². The summed E-state index contributed by atoms with van der Waals surface area (Å²) in [6.45, 7) is 1.99. The zero-order valence-electron chi connectivity index (χ0n) is 13.5. The van der Waals surface area contributed by atoms with Crippen molar-refractivity contribution in [1.29, 1.82) is 0 Å². The highest BCUT2D eigenvalue weighted by Crippen LogP contribution is 2.24. The molecule has 3 aromatic rings. The van der Waals surface area contributed by atoms with Gasteiger partial charge in [0.05, 0.1) is 0 Å². The Morgan fingerprint density at radius 3 is 2.76 bits per heavy atom. The van der Waals surface area contributed by atoms with Crippen LogP contribution in [0.25, 0.3) is 11.5 Å². The smallest absolute Gasteiger partial charge is 0.276 e. The highest BCUT2D eigenvalue weighted by molar-refractivity contribution is 7.99. The molecule has 0 fully saturated rings. The second-order valence-corrected chi connectivity index (χ2v) is 6.88. The van der Waals surface area contributed by atoms with Crippen LogP contribution < -0.4 is 5.32 Å². The molecule has 1 N–H and O–H groups in total. The van der Waals surface area contributed by atoms with E-state index in [1.54, 1.807) is 12.1 Å². The molecular formula is C18H16ClN3O2S. The van der Waals surface area contributed by atoms with Crippen molar-refractivity contribution in [2.75, 3.05) is 11.1 Å². The summed E-state index contributed by atoms with van der Waals surface area (Å²) in [4.78, 5) is 12.0. The standard InChI is InChI=1S/C18H16ClN3O2S/c1-12-3-2-4-15(11-12)20-16(23)9-10-25-18-22-21-17(24-18)13-5-7-14(19)8-6-13/h2-8,11H,9-10H2,1H3,(H,20,23). The number of nitrogens with one attached hydrogen (secondary N) is 1. The van der Waals surface area contributed by atoms with Crippen LogP contribution >= 0.6 is 23.4 Å². The number of hydrogen-bond donors (Lipinski definition) is 1. The first-order valence-electron chi connectivity index (χ1n) is 7.69. The molecule has 0 atom stereocenters. The average molecular weight is 374 g/mol. The molecule has 0 aliphatic carbocycles. The molecule has 0 saturated heterocycles. The number of anilines is 1. The molecule has 0 aliphatic rings. The van der Waals surface area contributed by atoms with Crippen LogP contribution in [-0.4, -0.2) is 21.9 Å². The van der Waals surface area contributed by atoms with Gasteiger partial charge in [-0.3, -0.25) is 4.79 Å². The number of hydrogen-bond acceptors (Lipinski definition) is 5. The lowest BCUT2D eigenvalue weighted by atomic mass is 10.2. The van der Waals surface area contributed by atoms with Crippen molar-refractivity contribution >= 4 is 35.0 Å². The summed E-state index contributed by atoms with van der Waals surface area (Å²) in [6.07, 6.45) is 0.358. The van der Waals surface area contributed by atoms with Crippen LogP contribution in [0.4, 0.5) is 5.69 Å². The molecule has 7 heteroatoms. The molecule has 0 spiro atoms. The van der Waals surface area contributed by atoms with Gasteiger partial charge in [-0.25, -0.2) is 0 Å². The topological polar surface area (TPSA) is 68.0 Å². The lowest BCUT2D eigenvalue weighted by molar-refractivity contribution is -0.115. The van der Waals surface area contributed by atoms with Crippen molar-refractivity contribution in [2.24, 2.45) is 0 Å². The molecule has 3 rings (SSSR count). The number of aryl methyl sites for hydroxylation is 1. The van der Waals surface area contributed by atoms with Gasteiger partial charge in [0.15, 0.2) is 0 Å². The summed E-state index contributed by atoms with van der Waals surface area (Å²) in [5.74, 6) is 0.943. The fraction of sp³-hybridized carbons (Fsp3) is 0.167. The molecule has 0 radical (unpaired) electrons. The monoisotopic (exact) mass is 373 g/mol. The maximum atomic E-state index is 12.0. The van der Waals surface area contributed by atoms with E-state index in [0.717, 1.165) is 16.8 Å². The van der Waals surface area contributed by atoms with Gasteiger partial charge in [0, 0.05) is 28.4 Å². The number of carbonyl (C=O) groups is 1. The van der Waals surface area contributed by atoms with Gasteiger partial charge in [-0.15, -0.1) is 10.2 Å². The van der Waals surface area contributed by atoms with Gasteiger partial charge in [-0.2, -0.15) is 0 Å². The number of nitrogens with zero attached hydrogens (tertiary/aromatic N) is 2. The van der Waals surface area contributed by atoms with Crippen LogP contribution in [0.15, 0.2) is 58.2 Å². The molecule has 25 heavy (non-hydrogen) atoms. The first-order chi connectivity index (χ1) is 12.1. The molecule has 0 unspecified atom stereocenters. The van der Waals surface area contributed by atoms with E-state index in [1.807, 2.05) is 43.3 Å². The molecule has 1 heterocycles. The maximum Gasteiger partial charge on any atom is 0.276 e. The minimum atomic E-state index is -0.0458. The third kappa shape index (κ3) is 5.08. The largest absolute Gasteiger partial charge is 0.411 e. The fourth-order valence-corrected chi connectivity index (χ4v) is 2.98. The number of carbonyl (C=O) groups excluding carboxylic acids is 1. The van der Waals surface area contributed by atoms with Crippen molar-refractivity contribution in [3.8, 4) is 11.5 Å². The zero-order chi connectivity index (χ0) is 17.6. The summed E-state index contributed by atoms with van der Waals surface area (Å²) in [7, 11) is 0. The van der Waals surface area contributed by atoms with Gasteiger partial charge < -0.3 is 9.73 Å². The Bertz CT molecular complexity index is 865. The van der Waals surface area contributed by atoms with Crippen molar-refractivity contribution in [2.45, 2.75) is 18.6 Å². The average Bonchev–Trinajstić information content (AvgIpc) is 3.04. The van der Waals surface area contributed by atoms with Crippen LogP contribution in [0.2, 0.25) is 5.02 Å². The third-order valence-corrected chi connectivity index (χ3v) is 4.43. The van der Waals surface area contributed by atoms with Crippen molar-refractivity contribution < 1.29 is 9.21 Å². The van der Waals surface area contributed by atoms with Gasteiger partial charge in [0.1, 0.15) is 0 Å². The van der Waals surface area contributed by atoms with E-state index in [0.29, 0.717) is 28.3 Å². The van der Waals surface area contributed by atoms with E-state index < -0.39 is 0 Å². The lowest BCUT2D eigenvalue weighted by Gasteiger charge is -2.05. The van der Waals surface area contributed by atoms with E-state index >= 15 is 0 Å².